The highest BCUT2D eigenvalue weighted by molar-refractivity contribution is 6.34. The van der Waals surface area contributed by atoms with Gasteiger partial charge in [-0.1, -0.05) is 29.8 Å². The van der Waals surface area contributed by atoms with E-state index in [9.17, 15) is 9.59 Å². The highest BCUT2D eigenvalue weighted by Gasteiger charge is 2.07. The minimum absolute atomic E-state index is 0.206. The van der Waals surface area contributed by atoms with Gasteiger partial charge < -0.3 is 11.1 Å². The Hall–Kier alpha value is -2.07. The van der Waals surface area contributed by atoms with Gasteiger partial charge in [0.05, 0.1) is 10.6 Å². The molecular weight excluding hydrogens is 252 g/mol. The topological polar surface area (TPSA) is 72.2 Å². The Kier molecular flexibility index (Phi) is 5.14. The molecule has 0 heterocycles. The quantitative estimate of drug-likeness (QED) is 0.648. The van der Waals surface area contributed by atoms with Gasteiger partial charge in [-0.15, -0.1) is 0 Å². The molecule has 0 unspecified atom stereocenters. The maximum atomic E-state index is 11.5. The van der Waals surface area contributed by atoms with Crippen molar-refractivity contribution in [3.05, 3.63) is 53.1 Å². The van der Waals surface area contributed by atoms with Gasteiger partial charge in [-0.2, -0.15) is 0 Å². The number of allylic oxidation sites excluding steroid dienone is 3. The summed E-state index contributed by atoms with van der Waals surface area (Å²) in [5.41, 5.74) is 5.84. The van der Waals surface area contributed by atoms with Crippen LogP contribution in [-0.2, 0) is 4.79 Å². The number of anilines is 1. The SMILES string of the molecule is CC=CC=CC(=O)Nc1ccc(C(N)=O)c(Cl)c1. The zero-order valence-corrected chi connectivity index (χ0v) is 10.6. The van der Waals surface area contributed by atoms with E-state index in [1.54, 1.807) is 18.2 Å². The molecule has 0 aliphatic rings. The summed E-state index contributed by atoms with van der Waals surface area (Å²) in [4.78, 5) is 22.4. The Bertz CT molecular complexity index is 522. The van der Waals surface area contributed by atoms with Crippen molar-refractivity contribution in [2.45, 2.75) is 6.92 Å². The first-order valence-electron chi connectivity index (χ1n) is 5.24. The number of benzene rings is 1. The molecule has 1 rings (SSSR count). The maximum absolute atomic E-state index is 11.5. The Morgan fingerprint density at radius 2 is 2.06 bits per heavy atom. The van der Waals surface area contributed by atoms with Gasteiger partial charge in [0.15, 0.2) is 0 Å². The van der Waals surface area contributed by atoms with Crippen molar-refractivity contribution < 1.29 is 9.59 Å². The number of carbonyl (C=O) groups excluding carboxylic acids is 2. The third-order valence-corrected chi connectivity index (χ3v) is 2.37. The third-order valence-electron chi connectivity index (χ3n) is 2.05. The van der Waals surface area contributed by atoms with Gasteiger partial charge in [0.25, 0.3) is 0 Å². The average Bonchev–Trinajstić information content (AvgIpc) is 2.28. The molecule has 1 aromatic rings. The molecule has 0 atom stereocenters. The minimum atomic E-state index is -0.606. The Morgan fingerprint density at radius 3 is 2.61 bits per heavy atom. The van der Waals surface area contributed by atoms with Crippen LogP contribution in [-0.4, -0.2) is 11.8 Å². The first-order chi connectivity index (χ1) is 8.54. The highest BCUT2D eigenvalue weighted by atomic mass is 35.5. The molecule has 0 spiro atoms. The summed E-state index contributed by atoms with van der Waals surface area (Å²) >= 11 is 5.85. The number of rotatable bonds is 4. The first kappa shape index (κ1) is 14.0. The van der Waals surface area contributed by atoms with Crippen molar-refractivity contribution >= 4 is 29.1 Å². The van der Waals surface area contributed by atoms with E-state index in [0.717, 1.165) is 0 Å². The van der Waals surface area contributed by atoms with Gasteiger partial charge >= 0.3 is 0 Å². The molecule has 18 heavy (non-hydrogen) atoms. The largest absolute Gasteiger partial charge is 0.366 e. The molecule has 0 fully saturated rings. The summed E-state index contributed by atoms with van der Waals surface area (Å²) in [5, 5.41) is 2.82. The van der Waals surface area contributed by atoms with Crippen LogP contribution in [0.2, 0.25) is 5.02 Å². The van der Waals surface area contributed by atoms with Crippen molar-refractivity contribution in [2.24, 2.45) is 5.73 Å². The van der Waals surface area contributed by atoms with Crippen molar-refractivity contribution in [1.82, 2.24) is 0 Å². The van der Waals surface area contributed by atoms with Crippen molar-refractivity contribution in [2.75, 3.05) is 5.32 Å². The fourth-order valence-electron chi connectivity index (χ4n) is 1.23. The number of carbonyl (C=O) groups is 2. The molecule has 4 nitrogen and oxygen atoms in total. The molecule has 0 saturated heterocycles. The highest BCUT2D eigenvalue weighted by Crippen LogP contribution is 2.20. The molecule has 0 aromatic heterocycles. The first-order valence-corrected chi connectivity index (χ1v) is 5.62. The van der Waals surface area contributed by atoms with Crippen LogP contribution in [0.4, 0.5) is 5.69 Å². The van der Waals surface area contributed by atoms with Gasteiger partial charge in [0.2, 0.25) is 11.8 Å². The summed E-state index contributed by atoms with van der Waals surface area (Å²) in [6, 6.07) is 4.51. The van der Waals surface area contributed by atoms with Crippen LogP contribution in [0.25, 0.3) is 0 Å². The lowest BCUT2D eigenvalue weighted by atomic mass is 10.2. The predicted molar refractivity (Wildman–Crippen MR) is 72.6 cm³/mol. The fraction of sp³-hybridized carbons (Fsp3) is 0.0769. The second kappa shape index (κ2) is 6.61. The fourth-order valence-corrected chi connectivity index (χ4v) is 1.50. The smallest absolute Gasteiger partial charge is 0.250 e. The zero-order chi connectivity index (χ0) is 13.5. The van der Waals surface area contributed by atoms with Crippen LogP contribution < -0.4 is 11.1 Å². The van der Waals surface area contributed by atoms with Gasteiger partial charge in [0, 0.05) is 11.8 Å². The molecule has 0 radical (unpaired) electrons. The zero-order valence-electron chi connectivity index (χ0n) is 9.81. The van der Waals surface area contributed by atoms with E-state index in [1.165, 1.54) is 18.2 Å². The molecule has 2 amide bonds. The molecule has 3 N–H and O–H groups in total. The monoisotopic (exact) mass is 264 g/mol. The Labute approximate surface area is 110 Å². The predicted octanol–water partition coefficient (Wildman–Crippen LogP) is 2.51. The lowest BCUT2D eigenvalue weighted by molar-refractivity contribution is -0.111. The molecule has 1 aromatic carbocycles. The lowest BCUT2D eigenvalue weighted by Crippen LogP contribution is -2.12. The number of primary amides is 1. The summed E-state index contributed by atoms with van der Waals surface area (Å²) in [6.07, 6.45) is 6.55. The van der Waals surface area contributed by atoms with Crippen LogP contribution in [0.5, 0.6) is 0 Å². The normalized spacial score (nSPS) is 11.0. The number of hydrogen-bond donors (Lipinski definition) is 2. The van der Waals surface area contributed by atoms with E-state index in [1.807, 2.05) is 13.0 Å². The summed E-state index contributed by atoms with van der Waals surface area (Å²) in [7, 11) is 0. The van der Waals surface area contributed by atoms with Gasteiger partial charge in [0.1, 0.15) is 0 Å². The molecule has 94 valence electrons. The van der Waals surface area contributed by atoms with E-state index in [4.69, 9.17) is 17.3 Å². The standard InChI is InChI=1S/C13H13ClN2O2/c1-2-3-4-5-12(17)16-9-6-7-10(13(15)18)11(14)8-9/h2-8H,1H3,(H2,15,18)(H,16,17). The molecular formula is C13H13ClN2O2. The number of halogens is 1. The van der Waals surface area contributed by atoms with Crippen molar-refractivity contribution in [3.63, 3.8) is 0 Å². The van der Waals surface area contributed by atoms with Crippen LogP contribution in [0, 0.1) is 0 Å². The van der Waals surface area contributed by atoms with Gasteiger partial charge in [-0.05, 0) is 25.1 Å². The van der Waals surface area contributed by atoms with E-state index in [0.29, 0.717) is 5.69 Å². The van der Waals surface area contributed by atoms with Gasteiger partial charge in [-0.3, -0.25) is 9.59 Å². The van der Waals surface area contributed by atoms with Crippen LogP contribution in [0.15, 0.2) is 42.5 Å². The van der Waals surface area contributed by atoms with Gasteiger partial charge in [-0.25, -0.2) is 0 Å². The van der Waals surface area contributed by atoms with Crippen LogP contribution >= 0.6 is 11.6 Å². The lowest BCUT2D eigenvalue weighted by Gasteiger charge is -2.05. The van der Waals surface area contributed by atoms with E-state index < -0.39 is 5.91 Å². The summed E-state index contributed by atoms with van der Waals surface area (Å²) < 4.78 is 0. The summed E-state index contributed by atoms with van der Waals surface area (Å²) in [6.45, 7) is 1.85. The van der Waals surface area contributed by atoms with Crippen molar-refractivity contribution in [3.8, 4) is 0 Å². The molecule has 5 heteroatoms. The van der Waals surface area contributed by atoms with Crippen LogP contribution in [0.1, 0.15) is 17.3 Å². The Morgan fingerprint density at radius 1 is 1.33 bits per heavy atom. The number of nitrogens with one attached hydrogen (secondary N) is 1. The summed E-state index contributed by atoms with van der Waals surface area (Å²) in [5.74, 6) is -0.887. The van der Waals surface area contributed by atoms with Crippen LogP contribution in [0.3, 0.4) is 0 Å². The minimum Gasteiger partial charge on any atom is -0.366 e. The number of amides is 2. The Balaban J connectivity index is 2.77. The third kappa shape index (κ3) is 4.07. The number of nitrogens with two attached hydrogens (primary N) is 1. The average molecular weight is 265 g/mol. The second-order valence-electron chi connectivity index (χ2n) is 3.43. The van der Waals surface area contributed by atoms with E-state index in [2.05, 4.69) is 5.32 Å². The van der Waals surface area contributed by atoms with E-state index in [-0.39, 0.29) is 16.5 Å². The van der Waals surface area contributed by atoms with E-state index >= 15 is 0 Å². The number of hydrogen-bond acceptors (Lipinski definition) is 2. The molecule has 0 aliphatic carbocycles. The molecule has 0 saturated carbocycles. The molecule has 0 bridgehead atoms. The second-order valence-corrected chi connectivity index (χ2v) is 3.84. The maximum Gasteiger partial charge on any atom is 0.250 e. The molecule has 0 aliphatic heterocycles. The van der Waals surface area contributed by atoms with Crippen molar-refractivity contribution in [1.29, 1.82) is 0 Å².